The molecule has 1 rings (SSSR count). The minimum Gasteiger partial charge on any atom is -0.0814 e. The molecule has 0 aromatic carbocycles. The van der Waals surface area contributed by atoms with Crippen molar-refractivity contribution >= 4 is 0 Å². The number of rotatable bonds is 2. The minimum atomic E-state index is 0.770. The van der Waals surface area contributed by atoms with Gasteiger partial charge < -0.3 is 0 Å². The largest absolute Gasteiger partial charge is 0.0814 e. The average Bonchev–Trinajstić information content (AvgIpc) is 1.88. The molecule has 0 saturated heterocycles. The molecule has 0 nitrogen and oxygen atoms in total. The summed E-state index contributed by atoms with van der Waals surface area (Å²) >= 11 is 0. The van der Waals surface area contributed by atoms with E-state index in [1.807, 2.05) is 0 Å². The van der Waals surface area contributed by atoms with Crippen molar-refractivity contribution in [3.05, 3.63) is 23.8 Å². The highest BCUT2D eigenvalue weighted by Gasteiger charge is 2.04. The van der Waals surface area contributed by atoms with E-state index in [0.717, 1.165) is 5.92 Å². The zero-order valence-corrected chi connectivity index (χ0v) is 6.93. The summed E-state index contributed by atoms with van der Waals surface area (Å²) in [6, 6.07) is 0. The Hall–Kier alpha value is -0.520. The fourth-order valence-corrected chi connectivity index (χ4v) is 1.44. The second-order valence-electron chi connectivity index (χ2n) is 3.14. The van der Waals surface area contributed by atoms with Gasteiger partial charge in [0.1, 0.15) is 0 Å². The summed E-state index contributed by atoms with van der Waals surface area (Å²) in [7, 11) is 0. The Labute approximate surface area is 63.6 Å². The van der Waals surface area contributed by atoms with Crippen LogP contribution in [0.1, 0.15) is 33.1 Å². The Balaban J connectivity index is 2.45. The summed E-state index contributed by atoms with van der Waals surface area (Å²) in [5, 5.41) is 0. The molecule has 0 saturated carbocycles. The normalized spacial score (nSPS) is 24.6. The van der Waals surface area contributed by atoms with Crippen LogP contribution < -0.4 is 0 Å². The molecule has 0 aromatic rings. The molecule has 0 bridgehead atoms. The molecule has 0 radical (unpaired) electrons. The lowest BCUT2D eigenvalue weighted by atomic mass is 9.93. The van der Waals surface area contributed by atoms with Gasteiger partial charge in [-0.05, 0) is 18.8 Å². The van der Waals surface area contributed by atoms with Gasteiger partial charge in [0.25, 0.3) is 0 Å². The number of hydrogen-bond acceptors (Lipinski definition) is 0. The molecule has 10 heavy (non-hydrogen) atoms. The summed E-state index contributed by atoms with van der Waals surface area (Å²) in [4.78, 5) is 0. The van der Waals surface area contributed by atoms with Gasteiger partial charge in [0.15, 0.2) is 0 Å². The van der Waals surface area contributed by atoms with Gasteiger partial charge in [-0.25, -0.2) is 0 Å². The van der Waals surface area contributed by atoms with Gasteiger partial charge in [-0.15, -0.1) is 0 Å². The molecule has 1 aliphatic carbocycles. The van der Waals surface area contributed by atoms with Gasteiger partial charge in [-0.3, -0.25) is 0 Å². The molecule has 0 aromatic heterocycles. The third-order valence-electron chi connectivity index (χ3n) is 1.93. The van der Waals surface area contributed by atoms with E-state index in [-0.39, 0.29) is 0 Å². The van der Waals surface area contributed by atoms with Crippen molar-refractivity contribution < 1.29 is 0 Å². The molecular formula is C10H16. The summed E-state index contributed by atoms with van der Waals surface area (Å²) in [6.07, 6.45) is 10.6. The summed E-state index contributed by atoms with van der Waals surface area (Å²) in [6.45, 7) is 4.52. The zero-order valence-electron chi connectivity index (χ0n) is 6.93. The van der Waals surface area contributed by atoms with Crippen LogP contribution in [-0.2, 0) is 0 Å². The first-order valence-electron chi connectivity index (χ1n) is 4.19. The maximum Gasteiger partial charge on any atom is -0.0221 e. The summed E-state index contributed by atoms with van der Waals surface area (Å²) in [5.74, 6) is 0.770. The van der Waals surface area contributed by atoms with E-state index in [1.165, 1.54) is 19.3 Å². The maximum atomic E-state index is 2.28. The lowest BCUT2D eigenvalue weighted by molar-refractivity contribution is 0.674. The first kappa shape index (κ1) is 7.59. The van der Waals surface area contributed by atoms with E-state index < -0.39 is 0 Å². The second-order valence-corrected chi connectivity index (χ2v) is 3.14. The Bertz CT molecular complexity index is 151. The van der Waals surface area contributed by atoms with Crippen LogP contribution >= 0.6 is 0 Å². The number of hydrogen-bond donors (Lipinski definition) is 0. The molecular weight excluding hydrogens is 120 g/mol. The average molecular weight is 136 g/mol. The predicted octanol–water partition coefficient (Wildman–Crippen LogP) is 3.31. The van der Waals surface area contributed by atoms with Crippen molar-refractivity contribution in [2.24, 2.45) is 5.92 Å². The minimum absolute atomic E-state index is 0.770. The van der Waals surface area contributed by atoms with E-state index in [2.05, 4.69) is 32.1 Å². The molecule has 1 aliphatic rings. The van der Waals surface area contributed by atoms with Gasteiger partial charge in [-0.2, -0.15) is 0 Å². The van der Waals surface area contributed by atoms with Gasteiger partial charge in [0.2, 0.25) is 0 Å². The third kappa shape index (κ3) is 2.02. The van der Waals surface area contributed by atoms with Gasteiger partial charge in [0, 0.05) is 0 Å². The van der Waals surface area contributed by atoms with Crippen LogP contribution in [0, 0.1) is 5.92 Å². The molecule has 0 spiro atoms. The van der Waals surface area contributed by atoms with Crippen molar-refractivity contribution in [2.45, 2.75) is 33.1 Å². The first-order valence-corrected chi connectivity index (χ1v) is 4.19. The topological polar surface area (TPSA) is 0 Å². The monoisotopic (exact) mass is 136 g/mol. The van der Waals surface area contributed by atoms with E-state index in [9.17, 15) is 0 Å². The molecule has 0 aliphatic heterocycles. The van der Waals surface area contributed by atoms with Crippen LogP contribution in [-0.4, -0.2) is 0 Å². The molecule has 0 heterocycles. The highest BCUT2D eigenvalue weighted by Crippen LogP contribution is 2.21. The summed E-state index contributed by atoms with van der Waals surface area (Å²) < 4.78 is 0. The molecule has 0 fully saturated rings. The standard InChI is InChI=1S/C10H16/c1-3-5-10-7-4-6-9(2)8-10/h4,6-7,9H,3,5,8H2,1-2H3. The van der Waals surface area contributed by atoms with Gasteiger partial charge in [-0.1, -0.05) is 44.1 Å². The van der Waals surface area contributed by atoms with E-state index >= 15 is 0 Å². The highest BCUT2D eigenvalue weighted by molar-refractivity contribution is 5.19. The van der Waals surface area contributed by atoms with Crippen LogP contribution in [0.4, 0.5) is 0 Å². The lowest BCUT2D eigenvalue weighted by Crippen LogP contribution is -1.96. The fraction of sp³-hybridized carbons (Fsp3) is 0.600. The molecule has 0 heteroatoms. The van der Waals surface area contributed by atoms with Crippen molar-refractivity contribution in [1.82, 2.24) is 0 Å². The Morgan fingerprint density at radius 1 is 1.60 bits per heavy atom. The Kier molecular flexibility index (Phi) is 2.73. The van der Waals surface area contributed by atoms with Crippen molar-refractivity contribution in [2.75, 3.05) is 0 Å². The molecule has 56 valence electrons. The van der Waals surface area contributed by atoms with Crippen LogP contribution in [0.3, 0.4) is 0 Å². The zero-order chi connectivity index (χ0) is 7.40. The van der Waals surface area contributed by atoms with E-state index in [4.69, 9.17) is 0 Å². The SMILES string of the molecule is CCCC1=CC=CC(C)C1. The molecule has 0 N–H and O–H groups in total. The van der Waals surface area contributed by atoms with E-state index in [0.29, 0.717) is 0 Å². The quantitative estimate of drug-likeness (QED) is 0.546. The first-order chi connectivity index (χ1) is 4.83. The van der Waals surface area contributed by atoms with Crippen LogP contribution in [0.15, 0.2) is 23.8 Å². The molecule has 1 atom stereocenters. The smallest absolute Gasteiger partial charge is 0.0221 e. The van der Waals surface area contributed by atoms with Gasteiger partial charge in [0.05, 0.1) is 0 Å². The Morgan fingerprint density at radius 2 is 2.40 bits per heavy atom. The second kappa shape index (κ2) is 3.60. The Morgan fingerprint density at radius 3 is 3.00 bits per heavy atom. The maximum absolute atomic E-state index is 2.28. The molecule has 0 amide bonds. The van der Waals surface area contributed by atoms with Gasteiger partial charge >= 0.3 is 0 Å². The molecule has 1 unspecified atom stereocenters. The van der Waals surface area contributed by atoms with Crippen molar-refractivity contribution in [3.63, 3.8) is 0 Å². The highest BCUT2D eigenvalue weighted by atomic mass is 14.1. The van der Waals surface area contributed by atoms with E-state index in [1.54, 1.807) is 5.57 Å². The van der Waals surface area contributed by atoms with Crippen LogP contribution in [0.2, 0.25) is 0 Å². The van der Waals surface area contributed by atoms with Crippen LogP contribution in [0.5, 0.6) is 0 Å². The predicted molar refractivity (Wildman–Crippen MR) is 45.9 cm³/mol. The number of allylic oxidation sites excluding steroid dienone is 4. The fourth-order valence-electron chi connectivity index (χ4n) is 1.44. The van der Waals surface area contributed by atoms with Crippen LogP contribution in [0.25, 0.3) is 0 Å². The van der Waals surface area contributed by atoms with Crippen molar-refractivity contribution in [1.29, 1.82) is 0 Å². The van der Waals surface area contributed by atoms with Crippen molar-refractivity contribution in [3.8, 4) is 0 Å². The summed E-state index contributed by atoms with van der Waals surface area (Å²) in [5.41, 5.74) is 1.62. The lowest BCUT2D eigenvalue weighted by Gasteiger charge is -2.12. The third-order valence-corrected chi connectivity index (χ3v) is 1.93.